The molecule has 0 saturated carbocycles. The van der Waals surface area contributed by atoms with Crippen LogP contribution in [0.5, 0.6) is 0 Å². The summed E-state index contributed by atoms with van der Waals surface area (Å²) in [6.07, 6.45) is 1.09. The van der Waals surface area contributed by atoms with Gasteiger partial charge in [0.05, 0.1) is 11.9 Å². The molecule has 0 spiro atoms. The number of amides is 1. The molecule has 1 N–H and O–H groups in total. The van der Waals surface area contributed by atoms with Crippen molar-refractivity contribution in [3.63, 3.8) is 0 Å². The normalized spacial score (nSPS) is 11.9. The molecule has 2 aromatic carbocycles. The van der Waals surface area contributed by atoms with Crippen LogP contribution in [0.1, 0.15) is 26.3 Å². The van der Waals surface area contributed by atoms with E-state index in [1.54, 1.807) is 30.3 Å². The average Bonchev–Trinajstić information content (AvgIpc) is 2.51. The lowest BCUT2D eigenvalue weighted by Gasteiger charge is -2.24. The number of hydrogen-bond donors (Lipinski definition) is 1. The number of carbonyl (C=O) groups is 1. The molecule has 0 aliphatic heterocycles. The summed E-state index contributed by atoms with van der Waals surface area (Å²) in [7, 11) is -3.60. The minimum absolute atomic E-state index is 0.0352. The van der Waals surface area contributed by atoms with Crippen LogP contribution in [0.3, 0.4) is 0 Å². The van der Waals surface area contributed by atoms with E-state index < -0.39 is 15.9 Å². The van der Waals surface area contributed by atoms with Crippen molar-refractivity contribution in [2.45, 2.75) is 26.2 Å². The van der Waals surface area contributed by atoms with Gasteiger partial charge in [-0.2, -0.15) is 0 Å². The van der Waals surface area contributed by atoms with E-state index in [1.165, 1.54) is 0 Å². The Morgan fingerprint density at radius 1 is 1.12 bits per heavy atom. The van der Waals surface area contributed by atoms with Crippen LogP contribution >= 0.6 is 15.9 Å². The molecule has 2 aromatic rings. The van der Waals surface area contributed by atoms with Crippen LogP contribution in [-0.2, 0) is 20.2 Å². The average molecular weight is 439 g/mol. The predicted molar refractivity (Wildman–Crippen MR) is 110 cm³/mol. The summed E-state index contributed by atoms with van der Waals surface area (Å²) in [4.78, 5) is 12.3. The molecule has 0 radical (unpaired) electrons. The Bertz CT molecular complexity index is 888. The number of sulfonamides is 1. The maximum absolute atomic E-state index is 12.3. The zero-order valence-corrected chi connectivity index (χ0v) is 17.7. The van der Waals surface area contributed by atoms with Gasteiger partial charge >= 0.3 is 0 Å². The van der Waals surface area contributed by atoms with E-state index in [-0.39, 0.29) is 12.0 Å². The first-order chi connectivity index (χ1) is 12.0. The van der Waals surface area contributed by atoms with E-state index in [0.717, 1.165) is 20.6 Å². The van der Waals surface area contributed by atoms with Gasteiger partial charge in [-0.25, -0.2) is 8.42 Å². The first-order valence-electron chi connectivity index (χ1n) is 8.10. The lowest BCUT2D eigenvalue weighted by molar-refractivity contribution is -0.114. The fourth-order valence-corrected chi connectivity index (χ4v) is 3.68. The first-order valence-corrected chi connectivity index (χ1v) is 10.7. The van der Waals surface area contributed by atoms with Crippen molar-refractivity contribution in [2.24, 2.45) is 0 Å². The van der Waals surface area contributed by atoms with Gasteiger partial charge in [-0.15, -0.1) is 0 Å². The molecule has 2 rings (SSSR count). The summed E-state index contributed by atoms with van der Waals surface area (Å²) in [6, 6.07) is 14.4. The van der Waals surface area contributed by atoms with E-state index in [2.05, 4.69) is 42.0 Å². The van der Waals surface area contributed by atoms with Crippen molar-refractivity contribution in [1.29, 1.82) is 0 Å². The predicted octanol–water partition coefficient (Wildman–Crippen LogP) is 4.15. The van der Waals surface area contributed by atoms with Crippen molar-refractivity contribution >= 4 is 43.2 Å². The van der Waals surface area contributed by atoms with E-state index in [4.69, 9.17) is 0 Å². The topological polar surface area (TPSA) is 66.5 Å². The zero-order chi connectivity index (χ0) is 19.5. The maximum atomic E-state index is 12.3. The number of hydrogen-bond acceptors (Lipinski definition) is 3. The summed E-state index contributed by atoms with van der Waals surface area (Å²) >= 11 is 3.34. The SMILES string of the molecule is CC(C)(C)c1ccc(N(CC(=O)Nc2cccc(Br)c2)S(C)(=O)=O)cc1. The lowest BCUT2D eigenvalue weighted by Crippen LogP contribution is -2.37. The van der Waals surface area contributed by atoms with Crippen LogP contribution in [0.15, 0.2) is 53.0 Å². The van der Waals surface area contributed by atoms with E-state index >= 15 is 0 Å². The number of halogens is 1. The van der Waals surface area contributed by atoms with Gasteiger partial charge in [-0.3, -0.25) is 9.10 Å². The van der Waals surface area contributed by atoms with Gasteiger partial charge in [0, 0.05) is 10.2 Å². The Morgan fingerprint density at radius 2 is 1.73 bits per heavy atom. The van der Waals surface area contributed by atoms with E-state index in [1.807, 2.05) is 18.2 Å². The largest absolute Gasteiger partial charge is 0.324 e. The first kappa shape index (κ1) is 20.5. The highest BCUT2D eigenvalue weighted by Gasteiger charge is 2.22. The third-order valence-corrected chi connectivity index (χ3v) is 5.45. The van der Waals surface area contributed by atoms with E-state index in [9.17, 15) is 13.2 Å². The molecule has 0 fully saturated rings. The summed E-state index contributed by atoms with van der Waals surface area (Å²) in [5.74, 6) is -0.409. The Hall–Kier alpha value is -1.86. The standard InChI is InChI=1S/C19H23BrN2O3S/c1-19(2,3)14-8-10-17(11-9-14)22(26(4,24)25)13-18(23)21-16-7-5-6-15(20)12-16/h5-12H,13H2,1-4H3,(H,21,23). The highest BCUT2D eigenvalue weighted by Crippen LogP contribution is 2.26. The zero-order valence-electron chi connectivity index (χ0n) is 15.3. The van der Waals surface area contributed by atoms with Crippen LogP contribution < -0.4 is 9.62 Å². The monoisotopic (exact) mass is 438 g/mol. The number of anilines is 2. The molecule has 0 aliphatic carbocycles. The Kier molecular flexibility index (Phi) is 6.13. The summed E-state index contributed by atoms with van der Waals surface area (Å²) in [5, 5.41) is 2.72. The minimum Gasteiger partial charge on any atom is -0.324 e. The molecular formula is C19H23BrN2O3S. The van der Waals surface area contributed by atoms with Gasteiger partial charge in [0.2, 0.25) is 15.9 Å². The van der Waals surface area contributed by atoms with Crippen LogP contribution in [0.4, 0.5) is 11.4 Å². The van der Waals surface area contributed by atoms with Crippen molar-refractivity contribution in [3.05, 3.63) is 58.6 Å². The molecule has 26 heavy (non-hydrogen) atoms. The number of nitrogens with zero attached hydrogens (tertiary/aromatic N) is 1. The van der Waals surface area contributed by atoms with Gasteiger partial charge in [0.15, 0.2) is 0 Å². The molecule has 0 bridgehead atoms. The number of rotatable bonds is 5. The Balaban J connectivity index is 2.21. The van der Waals surface area contributed by atoms with E-state index in [0.29, 0.717) is 11.4 Å². The van der Waals surface area contributed by atoms with Crippen molar-refractivity contribution < 1.29 is 13.2 Å². The van der Waals surface area contributed by atoms with Gasteiger partial charge in [-0.05, 0) is 41.3 Å². The van der Waals surface area contributed by atoms with Gasteiger partial charge in [0.1, 0.15) is 6.54 Å². The second-order valence-electron chi connectivity index (χ2n) is 7.13. The molecule has 7 heteroatoms. The lowest BCUT2D eigenvalue weighted by atomic mass is 9.87. The van der Waals surface area contributed by atoms with Crippen LogP contribution in [0.2, 0.25) is 0 Å². The molecule has 1 amide bonds. The molecule has 0 aliphatic rings. The number of nitrogens with one attached hydrogen (secondary N) is 1. The third kappa shape index (κ3) is 5.57. The Morgan fingerprint density at radius 3 is 2.23 bits per heavy atom. The molecule has 5 nitrogen and oxygen atoms in total. The molecule has 0 atom stereocenters. The fourth-order valence-electron chi connectivity index (χ4n) is 2.42. The summed E-state index contributed by atoms with van der Waals surface area (Å²) in [6.45, 7) is 5.96. The smallest absolute Gasteiger partial charge is 0.245 e. The molecular weight excluding hydrogens is 416 g/mol. The second-order valence-corrected chi connectivity index (χ2v) is 9.95. The minimum atomic E-state index is -3.60. The van der Waals surface area contributed by atoms with Gasteiger partial charge < -0.3 is 5.32 Å². The van der Waals surface area contributed by atoms with Crippen molar-refractivity contribution in [2.75, 3.05) is 22.4 Å². The van der Waals surface area contributed by atoms with Crippen molar-refractivity contribution in [3.8, 4) is 0 Å². The van der Waals surface area contributed by atoms with Crippen LogP contribution in [0, 0.1) is 0 Å². The fraction of sp³-hybridized carbons (Fsp3) is 0.316. The highest BCUT2D eigenvalue weighted by atomic mass is 79.9. The van der Waals surface area contributed by atoms with Crippen molar-refractivity contribution in [1.82, 2.24) is 0 Å². The number of benzene rings is 2. The maximum Gasteiger partial charge on any atom is 0.245 e. The molecule has 0 saturated heterocycles. The summed E-state index contributed by atoms with van der Waals surface area (Å²) in [5.41, 5.74) is 2.12. The third-order valence-electron chi connectivity index (χ3n) is 3.82. The second kappa shape index (κ2) is 7.80. The van der Waals surface area contributed by atoms with Crippen LogP contribution in [-0.4, -0.2) is 27.1 Å². The van der Waals surface area contributed by atoms with Gasteiger partial charge in [0.25, 0.3) is 0 Å². The Labute approximate surface area is 163 Å². The molecule has 0 heterocycles. The number of carbonyl (C=O) groups excluding carboxylic acids is 1. The molecule has 0 aromatic heterocycles. The molecule has 0 unspecified atom stereocenters. The summed E-state index contributed by atoms with van der Waals surface area (Å²) < 4.78 is 26.3. The highest BCUT2D eigenvalue weighted by molar-refractivity contribution is 9.10. The molecule has 140 valence electrons. The van der Waals surface area contributed by atoms with Gasteiger partial charge in [-0.1, -0.05) is 54.9 Å². The quantitative estimate of drug-likeness (QED) is 0.761. The van der Waals surface area contributed by atoms with Crippen LogP contribution in [0.25, 0.3) is 0 Å².